The van der Waals surface area contributed by atoms with Gasteiger partial charge in [0, 0.05) is 12.8 Å². The van der Waals surface area contributed by atoms with Gasteiger partial charge >= 0.3 is 19.8 Å². The quantitative estimate of drug-likeness (QED) is 0.0151. The second-order valence-electron chi connectivity index (χ2n) is 15.5. The van der Waals surface area contributed by atoms with Gasteiger partial charge in [0.15, 0.2) is 6.10 Å². The van der Waals surface area contributed by atoms with Gasteiger partial charge in [-0.15, -0.1) is 0 Å². The highest BCUT2D eigenvalue weighted by atomic mass is 31.2. The largest absolute Gasteiger partial charge is 0.472 e. The number of aliphatic hydroxyl groups is 5. The number of hydrogen-bond donors (Lipinski definition) is 6. The van der Waals surface area contributed by atoms with Gasteiger partial charge in [-0.3, -0.25) is 18.6 Å². The van der Waals surface area contributed by atoms with E-state index in [9.17, 15) is 44.6 Å². The molecular weight excluding hydrogens is 803 g/mol. The Kier molecular flexibility index (Phi) is 33.9. The van der Waals surface area contributed by atoms with Crippen LogP contribution in [0.15, 0.2) is 72.9 Å². The maximum atomic E-state index is 12.8. The van der Waals surface area contributed by atoms with Crippen LogP contribution in [0.1, 0.15) is 155 Å². The molecule has 1 saturated carbocycles. The van der Waals surface area contributed by atoms with Gasteiger partial charge in [0.05, 0.1) is 6.61 Å². The molecule has 13 nitrogen and oxygen atoms in total. The summed E-state index contributed by atoms with van der Waals surface area (Å²) >= 11 is 0. The molecule has 0 aromatic heterocycles. The molecular formula is C47H79O13P. The molecule has 0 bridgehead atoms. The van der Waals surface area contributed by atoms with Gasteiger partial charge in [-0.1, -0.05) is 132 Å². The Hall–Kier alpha value is -2.71. The van der Waals surface area contributed by atoms with Gasteiger partial charge in [0.1, 0.15) is 43.2 Å². The lowest BCUT2D eigenvalue weighted by Gasteiger charge is -2.41. The molecule has 1 fully saturated rings. The first kappa shape index (κ1) is 56.3. The normalized spacial score (nSPS) is 22.7. The van der Waals surface area contributed by atoms with Crippen molar-refractivity contribution in [2.75, 3.05) is 13.2 Å². The van der Waals surface area contributed by atoms with E-state index >= 15 is 0 Å². The zero-order valence-corrected chi connectivity index (χ0v) is 37.8. The zero-order valence-electron chi connectivity index (χ0n) is 36.9. The monoisotopic (exact) mass is 883 g/mol. The molecule has 0 spiro atoms. The number of ether oxygens (including phenoxy) is 2. The van der Waals surface area contributed by atoms with Crippen molar-refractivity contribution < 1.29 is 63.1 Å². The van der Waals surface area contributed by atoms with Crippen molar-refractivity contribution in [3.8, 4) is 0 Å². The van der Waals surface area contributed by atoms with E-state index < -0.39 is 75.7 Å². The number of phosphoric ester groups is 1. The zero-order chi connectivity index (χ0) is 45.0. The number of carbonyl (C=O) groups excluding carboxylic acids is 2. The van der Waals surface area contributed by atoms with Crippen LogP contribution in [0.4, 0.5) is 0 Å². The maximum absolute atomic E-state index is 12.8. The molecule has 0 saturated heterocycles. The maximum Gasteiger partial charge on any atom is 0.472 e. The second kappa shape index (κ2) is 36.7. The number of phosphoric acid groups is 1. The molecule has 1 aliphatic carbocycles. The Bertz CT molecular complexity index is 1340. The molecule has 0 radical (unpaired) electrons. The standard InChI is InChI=1S/C47H79O13P/c1-3-5-7-9-11-13-15-17-19-20-22-24-26-28-30-32-34-36-41(49)59-39(38-58-61(55,56)60-47-45(53)43(51)42(50)44(52)46(47)54)37-57-40(48)35-33-31-29-27-25-23-21-18-16-14-12-10-8-6-4-2/h7,9,13,15,18-21,24-27,39,42-47,50-54H,3-6,8,10-12,14,16-17,22-23,28-38H2,1-2H3,(H,55,56)/b9-7+,15-13+,20-19+,21-18+,26-24+,27-25+/t39-,42?,43+,44?,45?,46?,47?/m1/s1. The van der Waals surface area contributed by atoms with Gasteiger partial charge in [0.25, 0.3) is 0 Å². The molecule has 0 aromatic rings. The van der Waals surface area contributed by atoms with Crippen molar-refractivity contribution in [1.29, 1.82) is 0 Å². The van der Waals surface area contributed by atoms with Gasteiger partial charge < -0.3 is 39.9 Å². The second-order valence-corrected chi connectivity index (χ2v) is 16.9. The van der Waals surface area contributed by atoms with E-state index in [1.165, 1.54) is 38.5 Å². The summed E-state index contributed by atoms with van der Waals surface area (Å²) in [4.78, 5) is 35.7. The molecule has 0 amide bonds. The lowest BCUT2D eigenvalue weighted by molar-refractivity contribution is -0.220. The summed E-state index contributed by atoms with van der Waals surface area (Å²) in [7, 11) is -5.14. The molecule has 350 valence electrons. The van der Waals surface area contributed by atoms with Gasteiger partial charge in [0.2, 0.25) is 0 Å². The summed E-state index contributed by atoms with van der Waals surface area (Å²) in [6.45, 7) is 3.15. The summed E-state index contributed by atoms with van der Waals surface area (Å²) in [6, 6.07) is 0. The first-order valence-corrected chi connectivity index (χ1v) is 24.2. The van der Waals surface area contributed by atoms with Gasteiger partial charge in [-0.05, 0) is 83.5 Å². The van der Waals surface area contributed by atoms with E-state index in [0.29, 0.717) is 12.8 Å². The summed E-state index contributed by atoms with van der Waals surface area (Å²) < 4.78 is 33.4. The lowest BCUT2D eigenvalue weighted by Crippen LogP contribution is -2.64. The van der Waals surface area contributed by atoms with Crippen LogP contribution in [0, 0.1) is 0 Å². The molecule has 1 aliphatic rings. The Morgan fingerprint density at radius 1 is 0.508 bits per heavy atom. The molecule has 0 aliphatic heterocycles. The van der Waals surface area contributed by atoms with Crippen LogP contribution < -0.4 is 0 Å². The predicted molar refractivity (Wildman–Crippen MR) is 239 cm³/mol. The van der Waals surface area contributed by atoms with Gasteiger partial charge in [-0.2, -0.15) is 0 Å². The van der Waals surface area contributed by atoms with Crippen LogP contribution in [0.25, 0.3) is 0 Å². The fourth-order valence-electron chi connectivity index (χ4n) is 6.31. The van der Waals surface area contributed by atoms with E-state index in [4.69, 9.17) is 18.5 Å². The van der Waals surface area contributed by atoms with E-state index in [1.54, 1.807) is 0 Å². The minimum Gasteiger partial charge on any atom is -0.462 e. The predicted octanol–water partition coefficient (Wildman–Crippen LogP) is 8.72. The smallest absolute Gasteiger partial charge is 0.462 e. The molecule has 6 unspecified atom stereocenters. The summed E-state index contributed by atoms with van der Waals surface area (Å²) in [5.41, 5.74) is 0. The van der Waals surface area contributed by atoms with Crippen LogP contribution >= 0.6 is 7.82 Å². The van der Waals surface area contributed by atoms with E-state index in [2.05, 4.69) is 86.8 Å². The Morgan fingerprint density at radius 2 is 0.918 bits per heavy atom. The SMILES string of the molecule is CCC/C=C/C/C=C/C/C=C/C/C=C/CCCCCC(=O)O[C@H](COC(=O)CCCC/C=C/C/C=C/CCCCCCCC)COP(=O)(O)OC1C(O)C(O)C(O)[C@H](O)C1O. The van der Waals surface area contributed by atoms with Crippen LogP contribution in [0.3, 0.4) is 0 Å². The highest BCUT2D eigenvalue weighted by Gasteiger charge is 2.51. The topological polar surface area (TPSA) is 210 Å². The molecule has 61 heavy (non-hydrogen) atoms. The van der Waals surface area contributed by atoms with Crippen LogP contribution in [0.5, 0.6) is 0 Å². The van der Waals surface area contributed by atoms with E-state index in [-0.39, 0.29) is 12.8 Å². The molecule has 14 heteroatoms. The van der Waals surface area contributed by atoms with Crippen LogP contribution in [-0.4, -0.2) is 98.3 Å². The summed E-state index contributed by atoms with van der Waals surface area (Å²) in [6.07, 6.45) is 32.4. The molecule has 8 atom stereocenters. The number of rotatable bonds is 36. The molecule has 0 heterocycles. The van der Waals surface area contributed by atoms with Crippen molar-refractivity contribution in [2.24, 2.45) is 0 Å². The minimum absolute atomic E-state index is 0.0487. The van der Waals surface area contributed by atoms with Crippen molar-refractivity contribution >= 4 is 19.8 Å². The minimum atomic E-state index is -5.14. The third-order valence-electron chi connectivity index (χ3n) is 10.0. The van der Waals surface area contributed by atoms with Crippen molar-refractivity contribution in [3.63, 3.8) is 0 Å². The number of carbonyl (C=O) groups is 2. The molecule has 6 N–H and O–H groups in total. The molecule has 0 aromatic carbocycles. The average molecular weight is 883 g/mol. The van der Waals surface area contributed by atoms with Crippen molar-refractivity contribution in [3.05, 3.63) is 72.9 Å². The third kappa shape index (κ3) is 29.3. The highest BCUT2D eigenvalue weighted by molar-refractivity contribution is 7.47. The first-order valence-electron chi connectivity index (χ1n) is 22.7. The Morgan fingerprint density at radius 3 is 1.44 bits per heavy atom. The highest BCUT2D eigenvalue weighted by Crippen LogP contribution is 2.47. The van der Waals surface area contributed by atoms with Crippen LogP contribution in [-0.2, 0) is 32.7 Å². The van der Waals surface area contributed by atoms with Gasteiger partial charge in [-0.25, -0.2) is 4.57 Å². The summed E-state index contributed by atoms with van der Waals surface area (Å²) in [5.74, 6) is -1.18. The number of esters is 2. The molecule has 1 rings (SSSR count). The Labute approximate surface area is 365 Å². The number of unbranched alkanes of at least 4 members (excludes halogenated alkanes) is 12. The van der Waals surface area contributed by atoms with Crippen molar-refractivity contribution in [1.82, 2.24) is 0 Å². The fraction of sp³-hybridized carbons (Fsp3) is 0.702. The number of aliphatic hydroxyl groups excluding tert-OH is 5. The number of allylic oxidation sites excluding steroid dienone is 12. The van der Waals surface area contributed by atoms with E-state index in [0.717, 1.165) is 77.0 Å². The lowest BCUT2D eigenvalue weighted by atomic mass is 9.85. The summed E-state index contributed by atoms with van der Waals surface area (Å²) in [5, 5.41) is 50.1. The number of hydrogen-bond acceptors (Lipinski definition) is 12. The third-order valence-corrected chi connectivity index (χ3v) is 11.0. The van der Waals surface area contributed by atoms with Crippen molar-refractivity contribution in [2.45, 2.75) is 198 Å². The Balaban J connectivity index is 2.53. The average Bonchev–Trinajstić information content (AvgIpc) is 3.24. The van der Waals surface area contributed by atoms with Crippen LogP contribution in [0.2, 0.25) is 0 Å². The fourth-order valence-corrected chi connectivity index (χ4v) is 7.28. The first-order chi connectivity index (χ1) is 29.4. The van der Waals surface area contributed by atoms with E-state index in [1.807, 2.05) is 0 Å².